The van der Waals surface area contributed by atoms with Crippen molar-refractivity contribution in [2.75, 3.05) is 13.6 Å². The summed E-state index contributed by atoms with van der Waals surface area (Å²) < 4.78 is 31.9. The van der Waals surface area contributed by atoms with Gasteiger partial charge in [-0.1, -0.05) is 17.7 Å². The van der Waals surface area contributed by atoms with Gasteiger partial charge in [-0.15, -0.1) is 0 Å². The van der Waals surface area contributed by atoms with Crippen molar-refractivity contribution in [1.82, 2.24) is 9.62 Å². The van der Waals surface area contributed by atoms with Crippen molar-refractivity contribution in [3.8, 4) is 0 Å². The number of ether oxygens (including phenoxy) is 1. The fourth-order valence-corrected chi connectivity index (χ4v) is 3.33. The summed E-state index contributed by atoms with van der Waals surface area (Å²) >= 11 is 0. The number of aliphatic imine (C=N–C) groups is 1. The fourth-order valence-electron chi connectivity index (χ4n) is 2.37. The lowest BCUT2D eigenvalue weighted by Crippen LogP contribution is -2.45. The van der Waals surface area contributed by atoms with Gasteiger partial charge in [-0.2, -0.15) is 0 Å². The molecule has 0 spiro atoms. The molecule has 0 aliphatic rings. The van der Waals surface area contributed by atoms with Crippen LogP contribution in [-0.2, 0) is 19.6 Å². The number of hydrogen-bond acceptors (Lipinski definition) is 6. The second-order valence-electron chi connectivity index (χ2n) is 7.77. The van der Waals surface area contributed by atoms with E-state index in [9.17, 15) is 23.1 Å². The van der Waals surface area contributed by atoms with E-state index >= 15 is 0 Å². The third-order valence-corrected chi connectivity index (χ3v) is 5.29. The van der Waals surface area contributed by atoms with E-state index < -0.39 is 33.7 Å². The van der Waals surface area contributed by atoms with Crippen molar-refractivity contribution in [3.05, 3.63) is 29.8 Å². The Balaban J connectivity index is 2.65. The lowest BCUT2D eigenvalue weighted by molar-refractivity contribution is -0.142. The average molecular weight is 443 g/mol. The van der Waals surface area contributed by atoms with E-state index in [-0.39, 0.29) is 30.2 Å². The van der Waals surface area contributed by atoms with Gasteiger partial charge in [0.25, 0.3) is 10.0 Å². The first-order valence-electron chi connectivity index (χ1n) is 9.31. The third-order valence-electron chi connectivity index (χ3n) is 3.92. The number of aliphatic carboxylic acids is 1. The molecule has 0 radical (unpaired) electrons. The number of nitrogens with one attached hydrogen (secondary N) is 1. The van der Waals surface area contributed by atoms with Crippen LogP contribution in [0.4, 0.5) is 4.79 Å². The molecule has 1 amide bonds. The molecule has 0 fully saturated rings. The Morgan fingerprint density at radius 2 is 1.83 bits per heavy atom. The zero-order chi connectivity index (χ0) is 23.1. The van der Waals surface area contributed by atoms with Gasteiger partial charge in [0.05, 0.1) is 4.90 Å². The van der Waals surface area contributed by atoms with E-state index in [1.54, 1.807) is 32.9 Å². The van der Waals surface area contributed by atoms with Crippen LogP contribution in [0, 0.1) is 6.92 Å². The molecule has 0 saturated heterocycles. The molecule has 0 heterocycles. The standard InChI is InChI=1S/C19H30N4O6S/c1-13-8-10-14(11-9-13)30(27,28)22-17(20)21-12-6-7-15(16(24)25)23(5)18(26)29-19(2,3)4/h8-11,15H,6-7,12H2,1-5H3,(H,24,25)(H3,20,21,22)/t15-/m1/s1. The van der Waals surface area contributed by atoms with Crippen LogP contribution in [-0.4, -0.2) is 61.7 Å². The molecular weight excluding hydrogens is 412 g/mol. The van der Waals surface area contributed by atoms with Crippen LogP contribution in [0.2, 0.25) is 0 Å². The minimum Gasteiger partial charge on any atom is -0.480 e. The Labute approximate surface area is 177 Å². The minimum absolute atomic E-state index is 0.0520. The largest absolute Gasteiger partial charge is 0.480 e. The van der Waals surface area contributed by atoms with Crippen molar-refractivity contribution in [1.29, 1.82) is 0 Å². The van der Waals surface area contributed by atoms with Gasteiger partial charge in [0, 0.05) is 13.6 Å². The maximum atomic E-state index is 12.3. The first-order chi connectivity index (χ1) is 13.7. The highest BCUT2D eigenvalue weighted by Crippen LogP contribution is 2.14. The molecule has 0 aromatic heterocycles. The van der Waals surface area contributed by atoms with E-state index in [4.69, 9.17) is 10.5 Å². The van der Waals surface area contributed by atoms with Crippen molar-refractivity contribution < 1.29 is 27.9 Å². The highest BCUT2D eigenvalue weighted by molar-refractivity contribution is 7.90. The molecule has 1 aromatic rings. The molecule has 1 rings (SSSR count). The zero-order valence-corrected chi connectivity index (χ0v) is 18.7. The molecule has 0 aliphatic heterocycles. The number of amides is 1. The normalized spacial score (nSPS) is 13.4. The summed E-state index contributed by atoms with van der Waals surface area (Å²) in [5.74, 6) is -1.48. The van der Waals surface area contributed by atoms with Gasteiger partial charge in [-0.25, -0.2) is 22.7 Å². The Morgan fingerprint density at radius 3 is 2.33 bits per heavy atom. The minimum atomic E-state index is -3.85. The number of guanidine groups is 1. The molecule has 1 aromatic carbocycles. The van der Waals surface area contributed by atoms with E-state index in [0.717, 1.165) is 10.5 Å². The first kappa shape index (κ1) is 25.2. The Morgan fingerprint density at radius 1 is 1.27 bits per heavy atom. The second-order valence-corrected chi connectivity index (χ2v) is 9.46. The van der Waals surface area contributed by atoms with E-state index in [2.05, 4.69) is 9.71 Å². The van der Waals surface area contributed by atoms with Gasteiger partial charge in [0.2, 0.25) is 5.96 Å². The average Bonchev–Trinajstić information content (AvgIpc) is 2.59. The molecule has 10 nitrogen and oxygen atoms in total. The summed E-state index contributed by atoms with van der Waals surface area (Å²) in [5.41, 5.74) is 5.81. The molecule has 0 saturated carbocycles. The molecule has 168 valence electrons. The lowest BCUT2D eigenvalue weighted by atomic mass is 10.1. The number of benzene rings is 1. The monoisotopic (exact) mass is 442 g/mol. The van der Waals surface area contributed by atoms with Gasteiger partial charge in [-0.05, 0) is 52.7 Å². The topological polar surface area (TPSA) is 151 Å². The number of carboxylic acid groups (broad SMARTS) is 1. The number of likely N-dealkylation sites (N-methyl/N-ethyl adjacent to an activating group) is 1. The van der Waals surface area contributed by atoms with E-state index in [1.165, 1.54) is 19.2 Å². The van der Waals surface area contributed by atoms with Crippen LogP contribution in [0.5, 0.6) is 0 Å². The van der Waals surface area contributed by atoms with Gasteiger partial charge >= 0.3 is 12.1 Å². The number of carbonyl (C=O) groups is 2. The molecule has 4 N–H and O–H groups in total. The predicted octanol–water partition coefficient (Wildman–Crippen LogP) is 1.69. The van der Waals surface area contributed by atoms with Crippen molar-refractivity contribution in [2.24, 2.45) is 10.7 Å². The van der Waals surface area contributed by atoms with Crippen molar-refractivity contribution >= 4 is 28.0 Å². The van der Waals surface area contributed by atoms with Gasteiger partial charge in [0.1, 0.15) is 11.6 Å². The quantitative estimate of drug-likeness (QED) is 0.315. The summed E-state index contributed by atoms with van der Waals surface area (Å²) in [5, 5.41) is 9.40. The third kappa shape index (κ3) is 8.27. The maximum absolute atomic E-state index is 12.3. The molecule has 0 unspecified atom stereocenters. The van der Waals surface area contributed by atoms with Crippen LogP contribution in [0.1, 0.15) is 39.2 Å². The van der Waals surface area contributed by atoms with E-state index in [1.807, 2.05) is 6.92 Å². The fraction of sp³-hybridized carbons (Fsp3) is 0.526. The summed E-state index contributed by atoms with van der Waals surface area (Å²) in [4.78, 5) is 28.6. The predicted molar refractivity (Wildman–Crippen MR) is 113 cm³/mol. The van der Waals surface area contributed by atoms with Crippen LogP contribution < -0.4 is 10.5 Å². The molecule has 1 atom stereocenters. The van der Waals surface area contributed by atoms with Crippen LogP contribution in [0.25, 0.3) is 0 Å². The number of nitrogens with zero attached hydrogens (tertiary/aromatic N) is 2. The summed E-state index contributed by atoms with van der Waals surface area (Å²) in [7, 11) is -2.51. The van der Waals surface area contributed by atoms with Crippen molar-refractivity contribution in [2.45, 2.75) is 57.1 Å². The van der Waals surface area contributed by atoms with Crippen LogP contribution in [0.15, 0.2) is 34.2 Å². The number of carboxylic acids is 1. The smallest absolute Gasteiger partial charge is 0.410 e. The number of hydrogen-bond donors (Lipinski definition) is 3. The first-order valence-corrected chi connectivity index (χ1v) is 10.8. The van der Waals surface area contributed by atoms with Crippen molar-refractivity contribution in [3.63, 3.8) is 0 Å². The number of sulfonamides is 1. The molecular formula is C19H30N4O6S. The molecule has 11 heteroatoms. The van der Waals surface area contributed by atoms with Gasteiger partial charge in [0.15, 0.2) is 0 Å². The second kappa shape index (κ2) is 10.3. The SMILES string of the molecule is Cc1ccc(S(=O)(=O)NC(N)=NCCC[C@H](C(=O)O)N(C)C(=O)OC(C)(C)C)cc1. The van der Waals surface area contributed by atoms with Gasteiger partial charge < -0.3 is 15.6 Å². The number of rotatable bonds is 8. The highest BCUT2D eigenvalue weighted by atomic mass is 32.2. The molecule has 0 aliphatic carbocycles. The van der Waals surface area contributed by atoms with Crippen LogP contribution >= 0.6 is 0 Å². The Kier molecular flexibility index (Phi) is 8.64. The zero-order valence-electron chi connectivity index (χ0n) is 17.9. The van der Waals surface area contributed by atoms with E-state index in [0.29, 0.717) is 0 Å². The number of aryl methyl sites for hydroxylation is 1. The number of nitrogens with two attached hydrogens (primary N) is 1. The summed E-state index contributed by atoms with van der Waals surface area (Å²) in [6, 6.07) is 5.12. The molecule has 0 bridgehead atoms. The highest BCUT2D eigenvalue weighted by Gasteiger charge is 2.29. The van der Waals surface area contributed by atoms with Gasteiger partial charge in [-0.3, -0.25) is 9.89 Å². The Hall–Kier alpha value is -2.82. The number of carbonyl (C=O) groups excluding carboxylic acids is 1. The lowest BCUT2D eigenvalue weighted by Gasteiger charge is -2.28. The Bertz CT molecular complexity index is 875. The maximum Gasteiger partial charge on any atom is 0.410 e. The van der Waals surface area contributed by atoms with Crippen LogP contribution in [0.3, 0.4) is 0 Å². The summed E-state index contributed by atoms with van der Waals surface area (Å²) in [6.07, 6.45) is -0.396. The molecule has 30 heavy (non-hydrogen) atoms. The summed E-state index contributed by atoms with van der Waals surface area (Å²) in [6.45, 7) is 6.97.